The van der Waals surface area contributed by atoms with Gasteiger partial charge in [0.05, 0.1) is 11.8 Å². The molecule has 2 unspecified atom stereocenters. The van der Waals surface area contributed by atoms with Crippen LogP contribution in [0, 0.1) is 11.6 Å². The first-order valence-corrected chi connectivity index (χ1v) is 8.01. The highest BCUT2D eigenvalue weighted by molar-refractivity contribution is 5.36. The lowest BCUT2D eigenvalue weighted by Crippen LogP contribution is -2.25. The van der Waals surface area contributed by atoms with Gasteiger partial charge in [-0.15, -0.1) is 0 Å². The van der Waals surface area contributed by atoms with Gasteiger partial charge in [0.15, 0.2) is 0 Å². The summed E-state index contributed by atoms with van der Waals surface area (Å²) in [6, 6.07) is 12.8. The number of hydrogen-bond acceptors (Lipinski definition) is 3. The molecule has 25 heavy (non-hydrogen) atoms. The van der Waals surface area contributed by atoms with Crippen molar-refractivity contribution in [3.8, 4) is 5.69 Å². The normalized spacial score (nSPS) is 13.6. The number of hydrogen-bond donors (Lipinski definition) is 2. The van der Waals surface area contributed by atoms with Gasteiger partial charge in [0.2, 0.25) is 0 Å². The van der Waals surface area contributed by atoms with Crippen molar-refractivity contribution in [2.24, 2.45) is 0 Å². The van der Waals surface area contributed by atoms with Crippen LogP contribution in [0.1, 0.15) is 30.2 Å². The number of benzene rings is 2. The van der Waals surface area contributed by atoms with E-state index in [1.54, 1.807) is 10.9 Å². The van der Waals surface area contributed by atoms with E-state index in [0.29, 0.717) is 0 Å². The van der Waals surface area contributed by atoms with Crippen LogP contribution in [0.3, 0.4) is 0 Å². The van der Waals surface area contributed by atoms with Gasteiger partial charge >= 0.3 is 0 Å². The molecule has 1 aromatic heterocycles. The van der Waals surface area contributed by atoms with Crippen LogP contribution in [-0.2, 0) is 0 Å². The Hall–Kier alpha value is -2.57. The zero-order chi connectivity index (χ0) is 17.8. The molecule has 0 spiro atoms. The number of nitrogens with one attached hydrogen (secondary N) is 1. The molecule has 0 bridgehead atoms. The molecule has 3 rings (SSSR count). The van der Waals surface area contributed by atoms with Gasteiger partial charge in [-0.1, -0.05) is 18.2 Å². The molecule has 2 atom stereocenters. The van der Waals surface area contributed by atoms with E-state index in [9.17, 15) is 13.9 Å². The van der Waals surface area contributed by atoms with Crippen LogP contribution >= 0.6 is 0 Å². The van der Waals surface area contributed by atoms with Crippen LogP contribution < -0.4 is 5.32 Å². The molecule has 0 saturated heterocycles. The van der Waals surface area contributed by atoms with E-state index in [1.165, 1.54) is 6.07 Å². The highest BCUT2D eigenvalue weighted by Gasteiger charge is 2.15. The van der Waals surface area contributed by atoms with E-state index >= 15 is 0 Å². The summed E-state index contributed by atoms with van der Waals surface area (Å²) >= 11 is 0. The molecule has 3 aromatic rings. The first kappa shape index (κ1) is 17.3. The van der Waals surface area contributed by atoms with Crippen molar-refractivity contribution < 1.29 is 13.9 Å². The second kappa shape index (κ2) is 7.55. The van der Waals surface area contributed by atoms with E-state index in [4.69, 9.17) is 0 Å². The van der Waals surface area contributed by atoms with E-state index in [2.05, 4.69) is 10.4 Å². The third-order valence-corrected chi connectivity index (χ3v) is 4.08. The van der Waals surface area contributed by atoms with E-state index in [0.717, 1.165) is 23.4 Å². The number of aromatic nitrogens is 2. The van der Waals surface area contributed by atoms with E-state index in [-0.39, 0.29) is 18.2 Å². The molecule has 130 valence electrons. The summed E-state index contributed by atoms with van der Waals surface area (Å²) in [5.74, 6) is -1.41. The van der Waals surface area contributed by atoms with E-state index in [1.807, 2.05) is 43.5 Å². The summed E-state index contributed by atoms with van der Waals surface area (Å²) in [5, 5.41) is 17.5. The fourth-order valence-corrected chi connectivity index (χ4v) is 2.65. The van der Waals surface area contributed by atoms with Crippen molar-refractivity contribution in [2.45, 2.75) is 19.1 Å². The Labute approximate surface area is 144 Å². The molecule has 0 aliphatic carbocycles. The zero-order valence-corrected chi connectivity index (χ0v) is 13.7. The maximum atomic E-state index is 13.7. The highest BCUT2D eigenvalue weighted by atomic mass is 19.1. The fourth-order valence-electron chi connectivity index (χ4n) is 2.65. The van der Waals surface area contributed by atoms with Crippen LogP contribution in [0.4, 0.5) is 8.78 Å². The average Bonchev–Trinajstić information content (AvgIpc) is 3.14. The molecule has 0 fully saturated rings. The van der Waals surface area contributed by atoms with Crippen molar-refractivity contribution in [3.63, 3.8) is 0 Å². The van der Waals surface area contributed by atoms with Crippen molar-refractivity contribution in [1.29, 1.82) is 0 Å². The first-order valence-electron chi connectivity index (χ1n) is 8.01. The van der Waals surface area contributed by atoms with Gasteiger partial charge in [-0.05, 0) is 36.8 Å². The molecular weight excluding hydrogens is 324 g/mol. The van der Waals surface area contributed by atoms with Crippen molar-refractivity contribution in [3.05, 3.63) is 83.7 Å². The summed E-state index contributed by atoms with van der Waals surface area (Å²) in [4.78, 5) is 0. The number of aliphatic hydroxyl groups excluding tert-OH is 1. The summed E-state index contributed by atoms with van der Waals surface area (Å²) < 4.78 is 28.4. The van der Waals surface area contributed by atoms with Gasteiger partial charge in [-0.3, -0.25) is 0 Å². The van der Waals surface area contributed by atoms with Crippen LogP contribution in [0.25, 0.3) is 5.69 Å². The molecular formula is C19H19F2N3O. The summed E-state index contributed by atoms with van der Waals surface area (Å²) in [6.07, 6.45) is 2.51. The number of nitrogens with zero attached hydrogens (tertiary/aromatic N) is 2. The summed E-state index contributed by atoms with van der Waals surface area (Å²) in [7, 11) is 0. The zero-order valence-electron chi connectivity index (χ0n) is 13.7. The summed E-state index contributed by atoms with van der Waals surface area (Å²) in [5.41, 5.74) is 2.02. The second-order valence-corrected chi connectivity index (χ2v) is 5.86. The van der Waals surface area contributed by atoms with Crippen molar-refractivity contribution in [1.82, 2.24) is 15.1 Å². The maximum Gasteiger partial charge on any atom is 0.131 e. The largest absolute Gasteiger partial charge is 0.387 e. The van der Waals surface area contributed by atoms with Crippen molar-refractivity contribution >= 4 is 0 Å². The van der Waals surface area contributed by atoms with Gasteiger partial charge in [0, 0.05) is 36.6 Å². The molecule has 4 nitrogen and oxygen atoms in total. The molecule has 2 aromatic carbocycles. The lowest BCUT2D eigenvalue weighted by Gasteiger charge is -2.19. The van der Waals surface area contributed by atoms with Gasteiger partial charge < -0.3 is 10.4 Å². The minimum atomic E-state index is -1.06. The topological polar surface area (TPSA) is 50.1 Å². The summed E-state index contributed by atoms with van der Waals surface area (Å²) in [6.45, 7) is 2.10. The Kier molecular flexibility index (Phi) is 5.21. The predicted molar refractivity (Wildman–Crippen MR) is 91.3 cm³/mol. The van der Waals surface area contributed by atoms with Crippen LogP contribution in [0.5, 0.6) is 0 Å². The Morgan fingerprint density at radius 1 is 1.16 bits per heavy atom. The van der Waals surface area contributed by atoms with Gasteiger partial charge in [0.25, 0.3) is 0 Å². The van der Waals surface area contributed by atoms with E-state index < -0.39 is 17.7 Å². The van der Waals surface area contributed by atoms with Gasteiger partial charge in [-0.25, -0.2) is 13.5 Å². The van der Waals surface area contributed by atoms with Gasteiger partial charge in [-0.2, -0.15) is 5.10 Å². The van der Waals surface area contributed by atoms with Gasteiger partial charge in [0.1, 0.15) is 11.6 Å². The number of rotatable bonds is 6. The average molecular weight is 343 g/mol. The number of halogens is 2. The van der Waals surface area contributed by atoms with Crippen molar-refractivity contribution in [2.75, 3.05) is 6.54 Å². The lowest BCUT2D eigenvalue weighted by atomic mass is 10.1. The molecule has 6 heteroatoms. The first-order chi connectivity index (χ1) is 12.0. The highest BCUT2D eigenvalue weighted by Crippen LogP contribution is 2.20. The maximum absolute atomic E-state index is 13.7. The van der Waals surface area contributed by atoms with Crippen LogP contribution in [0.2, 0.25) is 0 Å². The third kappa shape index (κ3) is 4.10. The Morgan fingerprint density at radius 2 is 2.00 bits per heavy atom. The molecule has 0 amide bonds. The third-order valence-electron chi connectivity index (χ3n) is 4.08. The Bertz CT molecular complexity index is 836. The molecule has 0 aliphatic heterocycles. The molecule has 0 radical (unpaired) electrons. The second-order valence-electron chi connectivity index (χ2n) is 5.86. The molecule has 0 saturated carbocycles. The Balaban J connectivity index is 1.66. The fraction of sp³-hybridized carbons (Fsp3) is 0.211. The van der Waals surface area contributed by atoms with Crippen LogP contribution in [0.15, 0.2) is 60.9 Å². The smallest absolute Gasteiger partial charge is 0.131 e. The minimum absolute atomic E-state index is 0.0614. The standard InChI is InChI=1S/C19H19F2N3O/c1-13(14-4-2-5-16(10-14)24-9-3-8-23-24)22-12-19(25)17-7-6-15(20)11-18(17)21/h2-11,13,19,22,25H,12H2,1H3. The molecule has 0 aliphatic rings. The monoisotopic (exact) mass is 343 g/mol. The molecule has 2 N–H and O–H groups in total. The van der Waals surface area contributed by atoms with Crippen LogP contribution in [-0.4, -0.2) is 21.4 Å². The quantitative estimate of drug-likeness (QED) is 0.720. The number of aliphatic hydroxyl groups is 1. The lowest BCUT2D eigenvalue weighted by molar-refractivity contribution is 0.166. The minimum Gasteiger partial charge on any atom is -0.387 e. The predicted octanol–water partition coefficient (Wildman–Crippen LogP) is 3.53. The molecule has 1 heterocycles. The Morgan fingerprint density at radius 3 is 2.72 bits per heavy atom. The SMILES string of the molecule is CC(NCC(O)c1ccc(F)cc1F)c1cccc(-n2cccn2)c1.